The Labute approximate surface area is 256 Å². The Kier molecular flexibility index (Phi) is 8.28. The smallest absolute Gasteiger partial charge is 0.329 e. The summed E-state index contributed by atoms with van der Waals surface area (Å²) in [6.07, 6.45) is 0.993. The van der Waals surface area contributed by atoms with E-state index in [0.29, 0.717) is 15.8 Å². The van der Waals surface area contributed by atoms with E-state index in [-0.39, 0.29) is 51.5 Å². The third kappa shape index (κ3) is 5.92. The van der Waals surface area contributed by atoms with Crippen LogP contribution in [0.15, 0.2) is 65.1 Å². The standard InChI is InChI=1S/C32H29F5N2O5S/c1-4-26(40)28-24-15-23(21-6-5-7-22(14-21)30(41)38-17-31(34,35)32(36,37)18-38)25(39(13-12-33)45(3,42)43)16-27(24)44-29(28)20-10-8-19(2)9-11-20/h5-11,14-16H,4,12-13,17-18H2,1-3H3. The number of carbonyl (C=O) groups excluding carboxylic acids is 2. The number of benzene rings is 3. The number of nitrogens with zero attached hydrogens (tertiary/aromatic N) is 2. The molecule has 3 aromatic carbocycles. The molecule has 1 aromatic heterocycles. The lowest BCUT2D eigenvalue weighted by Gasteiger charge is -2.24. The van der Waals surface area contributed by atoms with E-state index >= 15 is 0 Å². The third-order valence-corrected chi connectivity index (χ3v) is 8.88. The molecule has 2 heterocycles. The maximum absolute atomic E-state index is 13.9. The number of hydrogen-bond acceptors (Lipinski definition) is 5. The first-order valence-electron chi connectivity index (χ1n) is 14.0. The van der Waals surface area contributed by atoms with Crippen molar-refractivity contribution in [1.82, 2.24) is 4.90 Å². The van der Waals surface area contributed by atoms with E-state index in [0.717, 1.165) is 16.1 Å². The summed E-state index contributed by atoms with van der Waals surface area (Å²) >= 11 is 0. The Morgan fingerprint density at radius 3 is 2.18 bits per heavy atom. The van der Waals surface area contributed by atoms with Crippen molar-refractivity contribution in [3.05, 3.63) is 77.4 Å². The molecule has 0 saturated carbocycles. The first-order valence-corrected chi connectivity index (χ1v) is 15.8. The second-order valence-electron chi connectivity index (χ2n) is 11.0. The van der Waals surface area contributed by atoms with Crippen molar-refractivity contribution in [3.63, 3.8) is 0 Å². The first kappa shape index (κ1) is 32.1. The summed E-state index contributed by atoms with van der Waals surface area (Å²) in [5, 5.41) is 0.320. The van der Waals surface area contributed by atoms with Crippen molar-refractivity contribution in [1.29, 1.82) is 0 Å². The predicted molar refractivity (Wildman–Crippen MR) is 160 cm³/mol. The minimum absolute atomic E-state index is 0.0359. The number of likely N-dealkylation sites (tertiary alicyclic amines) is 1. The Morgan fingerprint density at radius 2 is 1.60 bits per heavy atom. The largest absolute Gasteiger partial charge is 0.455 e. The number of rotatable bonds is 9. The van der Waals surface area contributed by atoms with Gasteiger partial charge in [0.05, 0.1) is 37.1 Å². The van der Waals surface area contributed by atoms with Crippen LogP contribution in [0.5, 0.6) is 0 Å². The van der Waals surface area contributed by atoms with E-state index in [9.17, 15) is 40.0 Å². The van der Waals surface area contributed by atoms with Gasteiger partial charge < -0.3 is 9.32 Å². The highest BCUT2D eigenvalue weighted by atomic mass is 32.2. The van der Waals surface area contributed by atoms with Gasteiger partial charge in [-0.2, -0.15) is 17.6 Å². The molecule has 1 aliphatic heterocycles. The summed E-state index contributed by atoms with van der Waals surface area (Å²) < 4.78 is 102. The maximum Gasteiger partial charge on any atom is 0.329 e. The number of amides is 1. The van der Waals surface area contributed by atoms with Crippen molar-refractivity contribution in [2.75, 3.05) is 36.9 Å². The van der Waals surface area contributed by atoms with Crippen LogP contribution in [0.2, 0.25) is 0 Å². The van der Waals surface area contributed by atoms with Gasteiger partial charge in [-0.25, -0.2) is 12.8 Å². The maximum atomic E-state index is 13.9. The Balaban J connectivity index is 1.74. The summed E-state index contributed by atoms with van der Waals surface area (Å²) in [6, 6.07) is 15.5. The molecule has 5 rings (SSSR count). The summed E-state index contributed by atoms with van der Waals surface area (Å²) in [6.45, 7) is -1.01. The molecule has 1 aliphatic rings. The van der Waals surface area contributed by atoms with Gasteiger partial charge in [-0.15, -0.1) is 0 Å². The van der Waals surface area contributed by atoms with Gasteiger partial charge in [0, 0.05) is 34.6 Å². The number of carbonyl (C=O) groups is 2. The monoisotopic (exact) mass is 648 g/mol. The van der Waals surface area contributed by atoms with Gasteiger partial charge in [0.2, 0.25) is 10.0 Å². The molecule has 0 aliphatic carbocycles. The molecule has 0 radical (unpaired) electrons. The van der Waals surface area contributed by atoms with Crippen molar-refractivity contribution < 1.29 is 44.4 Å². The zero-order chi connectivity index (χ0) is 32.9. The molecular weight excluding hydrogens is 619 g/mol. The summed E-state index contributed by atoms with van der Waals surface area (Å²) in [7, 11) is -4.08. The fraction of sp³-hybridized carbons (Fsp3) is 0.312. The van der Waals surface area contributed by atoms with Gasteiger partial charge in [-0.3, -0.25) is 13.9 Å². The van der Waals surface area contributed by atoms with E-state index in [4.69, 9.17) is 4.42 Å². The average molecular weight is 649 g/mol. The number of ketones is 1. The van der Waals surface area contributed by atoms with E-state index in [2.05, 4.69) is 0 Å². The quantitative estimate of drug-likeness (QED) is 0.142. The molecule has 1 fully saturated rings. The number of hydrogen-bond donors (Lipinski definition) is 0. The van der Waals surface area contributed by atoms with Crippen LogP contribution >= 0.6 is 0 Å². The minimum Gasteiger partial charge on any atom is -0.455 e. The number of fused-ring (bicyclic) bond motifs is 1. The molecule has 0 spiro atoms. The number of sulfonamides is 1. The molecule has 0 unspecified atom stereocenters. The van der Waals surface area contributed by atoms with Crippen molar-refractivity contribution in [2.45, 2.75) is 32.1 Å². The number of alkyl halides is 5. The van der Waals surface area contributed by atoms with Gasteiger partial charge in [0.15, 0.2) is 5.78 Å². The molecule has 13 heteroatoms. The predicted octanol–water partition coefficient (Wildman–Crippen LogP) is 7.13. The van der Waals surface area contributed by atoms with Gasteiger partial charge in [0.1, 0.15) is 18.0 Å². The molecule has 1 saturated heterocycles. The van der Waals surface area contributed by atoms with Gasteiger partial charge in [0.25, 0.3) is 5.91 Å². The molecule has 1 amide bonds. The normalized spacial score (nSPS) is 15.9. The number of furan rings is 1. The highest BCUT2D eigenvalue weighted by Crippen LogP contribution is 2.44. The molecule has 45 heavy (non-hydrogen) atoms. The third-order valence-electron chi connectivity index (χ3n) is 7.70. The second-order valence-corrected chi connectivity index (χ2v) is 12.9. The molecular formula is C32H29F5N2O5S. The summed E-state index contributed by atoms with van der Waals surface area (Å²) in [5.41, 5.74) is 2.02. The minimum atomic E-state index is -4.40. The van der Waals surface area contributed by atoms with E-state index < -0.39 is 54.1 Å². The fourth-order valence-electron chi connectivity index (χ4n) is 5.39. The summed E-state index contributed by atoms with van der Waals surface area (Å²) in [5.74, 6) is -9.91. The van der Waals surface area contributed by atoms with Crippen LogP contribution in [-0.4, -0.2) is 69.4 Å². The number of halogens is 5. The average Bonchev–Trinajstić information content (AvgIpc) is 3.46. The summed E-state index contributed by atoms with van der Waals surface area (Å²) in [4.78, 5) is 26.8. The molecule has 0 atom stereocenters. The van der Waals surface area contributed by atoms with Crippen LogP contribution in [-0.2, 0) is 10.0 Å². The van der Waals surface area contributed by atoms with Crippen LogP contribution < -0.4 is 4.31 Å². The van der Waals surface area contributed by atoms with Gasteiger partial charge >= 0.3 is 11.8 Å². The lowest BCUT2D eigenvalue weighted by Crippen LogP contribution is -2.38. The highest BCUT2D eigenvalue weighted by Gasteiger charge is 2.63. The van der Waals surface area contributed by atoms with Crippen LogP contribution in [0.25, 0.3) is 33.4 Å². The van der Waals surface area contributed by atoms with Gasteiger partial charge in [-0.05, 0) is 30.7 Å². The molecule has 238 valence electrons. The van der Waals surface area contributed by atoms with Crippen LogP contribution in [0, 0.1) is 6.92 Å². The zero-order valence-corrected chi connectivity index (χ0v) is 25.4. The molecule has 4 aromatic rings. The fourth-order valence-corrected chi connectivity index (χ4v) is 6.29. The zero-order valence-electron chi connectivity index (χ0n) is 24.5. The molecule has 0 N–H and O–H groups in total. The first-order chi connectivity index (χ1) is 21.1. The molecule has 7 nitrogen and oxygen atoms in total. The number of Topliss-reactive ketones (excluding diaryl/α,β-unsaturated/α-hetero) is 1. The Morgan fingerprint density at radius 1 is 0.956 bits per heavy atom. The van der Waals surface area contributed by atoms with E-state index in [1.807, 2.05) is 19.1 Å². The second kappa shape index (κ2) is 11.6. The Bertz CT molecular complexity index is 1890. The van der Waals surface area contributed by atoms with Crippen LogP contribution in [0.3, 0.4) is 0 Å². The SMILES string of the molecule is CCC(=O)c1c(-c2ccc(C)cc2)oc2cc(N(CCF)S(C)(=O)=O)c(-c3cccc(C(=O)N4CC(F)(F)C(F)(F)C4)c3)cc12. The van der Waals surface area contributed by atoms with Crippen molar-refractivity contribution in [2.24, 2.45) is 0 Å². The highest BCUT2D eigenvalue weighted by molar-refractivity contribution is 7.92. The Hall–Kier alpha value is -4.26. The van der Waals surface area contributed by atoms with Crippen molar-refractivity contribution in [3.8, 4) is 22.5 Å². The van der Waals surface area contributed by atoms with Crippen LogP contribution in [0.1, 0.15) is 39.6 Å². The molecule has 0 bridgehead atoms. The van der Waals surface area contributed by atoms with Crippen molar-refractivity contribution >= 4 is 38.4 Å². The van der Waals surface area contributed by atoms with Crippen LogP contribution in [0.4, 0.5) is 27.6 Å². The lowest BCUT2D eigenvalue weighted by molar-refractivity contribution is -0.172. The lowest BCUT2D eigenvalue weighted by atomic mass is 9.95. The number of anilines is 1. The topological polar surface area (TPSA) is 87.9 Å². The van der Waals surface area contributed by atoms with E-state index in [1.165, 1.54) is 36.4 Å². The number of aryl methyl sites for hydroxylation is 1. The van der Waals surface area contributed by atoms with E-state index in [1.54, 1.807) is 19.1 Å². The van der Waals surface area contributed by atoms with Gasteiger partial charge in [-0.1, -0.05) is 48.9 Å².